The standard InChI is InChI=1S/C26H18/c1-3-10-20-18(8-1)16-25-22(20)12-6-13-23(25)24-14-5-9-19-15-17-7-2-4-11-21(17)26(19)24/h1-14H,15-16H2. The fraction of sp³-hybridized carbons (Fsp3) is 0.0769. The lowest BCUT2D eigenvalue weighted by molar-refractivity contribution is 1.25. The van der Waals surface area contributed by atoms with Crippen molar-refractivity contribution in [2.24, 2.45) is 0 Å². The minimum absolute atomic E-state index is 1.03. The predicted molar refractivity (Wildman–Crippen MR) is 108 cm³/mol. The summed E-state index contributed by atoms with van der Waals surface area (Å²) < 4.78 is 0. The van der Waals surface area contributed by atoms with Gasteiger partial charge in [0.15, 0.2) is 0 Å². The molecule has 0 bridgehead atoms. The van der Waals surface area contributed by atoms with Crippen molar-refractivity contribution in [2.75, 3.05) is 0 Å². The summed E-state index contributed by atoms with van der Waals surface area (Å²) >= 11 is 0. The van der Waals surface area contributed by atoms with Crippen molar-refractivity contribution in [3.8, 4) is 33.4 Å². The van der Waals surface area contributed by atoms with Gasteiger partial charge in [0, 0.05) is 0 Å². The molecule has 2 aliphatic carbocycles. The van der Waals surface area contributed by atoms with Crippen LogP contribution in [0.3, 0.4) is 0 Å². The zero-order chi connectivity index (χ0) is 17.1. The highest BCUT2D eigenvalue weighted by Gasteiger charge is 2.25. The largest absolute Gasteiger partial charge is 0.0619 e. The van der Waals surface area contributed by atoms with Crippen molar-refractivity contribution in [2.45, 2.75) is 12.8 Å². The average Bonchev–Trinajstić information content (AvgIpc) is 3.26. The first-order valence-electron chi connectivity index (χ1n) is 9.31. The highest BCUT2D eigenvalue weighted by atomic mass is 14.3. The summed E-state index contributed by atoms with van der Waals surface area (Å²) in [6, 6.07) is 31.3. The van der Waals surface area contributed by atoms with Gasteiger partial charge in [0.25, 0.3) is 0 Å². The highest BCUT2D eigenvalue weighted by Crippen LogP contribution is 2.47. The molecule has 0 heterocycles. The Labute approximate surface area is 153 Å². The smallest absolute Gasteiger partial charge is 0.000728 e. The SMILES string of the molecule is c1ccc2c(c1)Cc1c-2cccc1-c1cccc2c1-c1ccccc1C2. The predicted octanol–water partition coefficient (Wildman–Crippen LogP) is 6.50. The van der Waals surface area contributed by atoms with E-state index in [1.165, 1.54) is 55.6 Å². The van der Waals surface area contributed by atoms with Gasteiger partial charge >= 0.3 is 0 Å². The lowest BCUT2D eigenvalue weighted by Crippen LogP contribution is -1.91. The topological polar surface area (TPSA) is 0 Å². The molecule has 0 fully saturated rings. The monoisotopic (exact) mass is 330 g/mol. The molecular weight excluding hydrogens is 312 g/mol. The van der Waals surface area contributed by atoms with E-state index in [2.05, 4.69) is 84.9 Å². The molecule has 26 heavy (non-hydrogen) atoms. The summed E-state index contributed by atoms with van der Waals surface area (Å²) in [4.78, 5) is 0. The van der Waals surface area contributed by atoms with E-state index in [4.69, 9.17) is 0 Å². The summed E-state index contributed by atoms with van der Waals surface area (Å²) in [7, 11) is 0. The van der Waals surface area contributed by atoms with Gasteiger partial charge in [0.2, 0.25) is 0 Å². The Morgan fingerprint density at radius 2 is 0.923 bits per heavy atom. The first-order chi connectivity index (χ1) is 12.9. The van der Waals surface area contributed by atoms with Crippen molar-refractivity contribution in [1.82, 2.24) is 0 Å². The van der Waals surface area contributed by atoms with E-state index in [0.29, 0.717) is 0 Å². The molecule has 0 amide bonds. The van der Waals surface area contributed by atoms with Crippen molar-refractivity contribution < 1.29 is 0 Å². The number of benzene rings is 4. The van der Waals surface area contributed by atoms with E-state index in [1.54, 1.807) is 0 Å². The molecule has 0 atom stereocenters. The molecule has 4 aromatic carbocycles. The van der Waals surface area contributed by atoms with E-state index in [0.717, 1.165) is 12.8 Å². The van der Waals surface area contributed by atoms with Crippen LogP contribution in [-0.4, -0.2) is 0 Å². The molecule has 0 saturated carbocycles. The van der Waals surface area contributed by atoms with Crippen LogP contribution in [0.5, 0.6) is 0 Å². The maximum Gasteiger partial charge on any atom is -0.000728 e. The maximum atomic E-state index is 2.31. The maximum absolute atomic E-state index is 2.31. The van der Waals surface area contributed by atoms with E-state index < -0.39 is 0 Å². The molecule has 0 N–H and O–H groups in total. The quantitative estimate of drug-likeness (QED) is 0.323. The van der Waals surface area contributed by atoms with Gasteiger partial charge in [-0.3, -0.25) is 0 Å². The van der Waals surface area contributed by atoms with Crippen LogP contribution in [0, 0.1) is 0 Å². The lowest BCUT2D eigenvalue weighted by atomic mass is 9.90. The van der Waals surface area contributed by atoms with Crippen LogP contribution < -0.4 is 0 Å². The van der Waals surface area contributed by atoms with Gasteiger partial charge in [-0.1, -0.05) is 84.9 Å². The van der Waals surface area contributed by atoms with E-state index in [-0.39, 0.29) is 0 Å². The van der Waals surface area contributed by atoms with Gasteiger partial charge in [-0.15, -0.1) is 0 Å². The number of hydrogen-bond acceptors (Lipinski definition) is 0. The minimum Gasteiger partial charge on any atom is -0.0619 e. The molecule has 0 spiro atoms. The normalized spacial score (nSPS) is 13.1. The van der Waals surface area contributed by atoms with E-state index in [1.807, 2.05) is 0 Å². The van der Waals surface area contributed by atoms with Gasteiger partial charge in [0.1, 0.15) is 0 Å². The summed E-state index contributed by atoms with van der Waals surface area (Å²) in [5, 5.41) is 0. The fourth-order valence-corrected chi connectivity index (χ4v) is 4.82. The highest BCUT2D eigenvalue weighted by molar-refractivity contribution is 5.94. The molecule has 0 heteroatoms. The first-order valence-corrected chi connectivity index (χ1v) is 9.31. The van der Waals surface area contributed by atoms with Crippen molar-refractivity contribution >= 4 is 0 Å². The molecule has 0 radical (unpaired) electrons. The third kappa shape index (κ3) is 1.84. The van der Waals surface area contributed by atoms with Crippen molar-refractivity contribution in [3.63, 3.8) is 0 Å². The molecule has 0 aliphatic heterocycles. The molecule has 2 aliphatic rings. The van der Waals surface area contributed by atoms with Gasteiger partial charge in [-0.05, 0) is 68.5 Å². The average molecular weight is 330 g/mol. The van der Waals surface area contributed by atoms with Crippen LogP contribution in [0.1, 0.15) is 22.3 Å². The first kappa shape index (κ1) is 14.1. The van der Waals surface area contributed by atoms with Gasteiger partial charge in [-0.2, -0.15) is 0 Å². The minimum atomic E-state index is 1.03. The van der Waals surface area contributed by atoms with Crippen LogP contribution in [0.4, 0.5) is 0 Å². The van der Waals surface area contributed by atoms with Crippen LogP contribution in [0.25, 0.3) is 33.4 Å². The summed E-state index contributed by atoms with van der Waals surface area (Å²) in [6.07, 6.45) is 2.08. The second kappa shape index (κ2) is 5.19. The lowest BCUT2D eigenvalue weighted by Gasteiger charge is -2.14. The van der Waals surface area contributed by atoms with Crippen molar-refractivity contribution in [3.05, 3.63) is 107 Å². The Morgan fingerprint density at radius 1 is 0.385 bits per heavy atom. The van der Waals surface area contributed by atoms with Crippen LogP contribution in [-0.2, 0) is 12.8 Å². The Bertz CT molecular complexity index is 1180. The van der Waals surface area contributed by atoms with Gasteiger partial charge in [0.05, 0.1) is 0 Å². The second-order valence-corrected chi connectivity index (χ2v) is 7.34. The van der Waals surface area contributed by atoms with E-state index in [9.17, 15) is 0 Å². The third-order valence-electron chi connectivity index (χ3n) is 5.96. The fourth-order valence-electron chi connectivity index (χ4n) is 4.82. The van der Waals surface area contributed by atoms with Gasteiger partial charge in [-0.25, -0.2) is 0 Å². The molecule has 0 nitrogen and oxygen atoms in total. The Balaban J connectivity index is 1.62. The molecule has 6 rings (SSSR count). The van der Waals surface area contributed by atoms with E-state index >= 15 is 0 Å². The van der Waals surface area contributed by atoms with Crippen LogP contribution in [0.15, 0.2) is 84.9 Å². The molecule has 0 unspecified atom stereocenters. The summed E-state index contributed by atoms with van der Waals surface area (Å²) in [5.41, 5.74) is 14.3. The van der Waals surface area contributed by atoms with Crippen molar-refractivity contribution in [1.29, 1.82) is 0 Å². The summed E-state index contributed by atoms with van der Waals surface area (Å²) in [6.45, 7) is 0. The Hall–Kier alpha value is -3.12. The number of rotatable bonds is 1. The van der Waals surface area contributed by atoms with Crippen LogP contribution >= 0.6 is 0 Å². The van der Waals surface area contributed by atoms with Crippen LogP contribution in [0.2, 0.25) is 0 Å². The Kier molecular flexibility index (Phi) is 2.81. The third-order valence-corrected chi connectivity index (χ3v) is 5.96. The zero-order valence-electron chi connectivity index (χ0n) is 14.5. The molecular formula is C26H18. The van der Waals surface area contributed by atoms with Gasteiger partial charge < -0.3 is 0 Å². The Morgan fingerprint density at radius 3 is 1.77 bits per heavy atom. The molecule has 4 aromatic rings. The second-order valence-electron chi connectivity index (χ2n) is 7.34. The summed E-state index contributed by atoms with van der Waals surface area (Å²) in [5.74, 6) is 0. The molecule has 0 aromatic heterocycles. The molecule has 0 saturated heterocycles. The molecule has 122 valence electrons. The number of fused-ring (bicyclic) bond motifs is 6. The number of hydrogen-bond donors (Lipinski definition) is 0. The zero-order valence-corrected chi connectivity index (χ0v) is 14.5.